The fourth-order valence-corrected chi connectivity index (χ4v) is 1.80. The Morgan fingerprint density at radius 2 is 2.00 bits per heavy atom. The number of amides is 1. The summed E-state index contributed by atoms with van der Waals surface area (Å²) in [6.07, 6.45) is 5.04. The SMILES string of the molecule is CS(=O)(=O)NN(C[C]=O)C(=O)C=Cc1ccccc1. The number of hydrogen-bond acceptors (Lipinski definition) is 4. The quantitative estimate of drug-likeness (QED) is 0.592. The third-order valence-electron chi connectivity index (χ3n) is 1.98. The van der Waals surface area contributed by atoms with Crippen LogP contribution in [0.15, 0.2) is 36.4 Å². The monoisotopic (exact) mass is 281 g/mol. The zero-order chi connectivity index (χ0) is 14.3. The summed E-state index contributed by atoms with van der Waals surface area (Å²) in [6, 6.07) is 9.00. The molecule has 0 aliphatic rings. The zero-order valence-corrected chi connectivity index (χ0v) is 11.1. The molecule has 0 bridgehead atoms. The Balaban J connectivity index is 2.77. The molecule has 1 rings (SSSR count). The van der Waals surface area contributed by atoms with Gasteiger partial charge in [0.2, 0.25) is 16.3 Å². The zero-order valence-electron chi connectivity index (χ0n) is 10.2. The first-order valence-electron chi connectivity index (χ1n) is 5.29. The first-order chi connectivity index (χ1) is 8.92. The lowest BCUT2D eigenvalue weighted by atomic mass is 10.2. The minimum Gasteiger partial charge on any atom is -0.289 e. The number of nitrogens with zero attached hydrogens (tertiary/aromatic N) is 1. The predicted molar refractivity (Wildman–Crippen MR) is 70.9 cm³/mol. The van der Waals surface area contributed by atoms with Crippen LogP contribution in [-0.4, -0.2) is 38.4 Å². The molecule has 101 valence electrons. The van der Waals surface area contributed by atoms with Gasteiger partial charge in [0.1, 0.15) is 6.54 Å². The molecule has 1 amide bonds. The topological polar surface area (TPSA) is 83.6 Å². The summed E-state index contributed by atoms with van der Waals surface area (Å²) >= 11 is 0. The largest absolute Gasteiger partial charge is 0.289 e. The molecule has 0 saturated heterocycles. The average Bonchev–Trinajstić information content (AvgIpc) is 2.35. The highest BCUT2D eigenvalue weighted by Gasteiger charge is 2.14. The fourth-order valence-electron chi connectivity index (χ4n) is 1.24. The normalized spacial score (nSPS) is 11.4. The van der Waals surface area contributed by atoms with Gasteiger partial charge in [-0.2, -0.15) is 0 Å². The van der Waals surface area contributed by atoms with Crippen molar-refractivity contribution in [2.24, 2.45) is 0 Å². The summed E-state index contributed by atoms with van der Waals surface area (Å²) in [5.74, 6) is -0.655. The van der Waals surface area contributed by atoms with Gasteiger partial charge in [-0.25, -0.2) is 8.42 Å². The van der Waals surface area contributed by atoms with Gasteiger partial charge in [-0.1, -0.05) is 30.3 Å². The van der Waals surface area contributed by atoms with E-state index in [4.69, 9.17) is 0 Å². The Morgan fingerprint density at radius 3 is 2.53 bits per heavy atom. The van der Waals surface area contributed by atoms with E-state index < -0.39 is 22.5 Å². The number of benzene rings is 1. The highest BCUT2D eigenvalue weighted by atomic mass is 32.2. The van der Waals surface area contributed by atoms with Gasteiger partial charge in [0.05, 0.1) is 6.26 Å². The van der Waals surface area contributed by atoms with Gasteiger partial charge in [-0.05, 0) is 11.6 Å². The smallest absolute Gasteiger partial charge is 0.261 e. The van der Waals surface area contributed by atoms with Crippen LogP contribution in [0.25, 0.3) is 6.08 Å². The van der Waals surface area contributed by atoms with Crippen molar-refractivity contribution in [1.82, 2.24) is 9.84 Å². The van der Waals surface area contributed by atoms with Crippen LogP contribution in [0.4, 0.5) is 0 Å². The number of hydrogen-bond donors (Lipinski definition) is 1. The molecule has 0 spiro atoms. The van der Waals surface area contributed by atoms with Crippen molar-refractivity contribution in [3.05, 3.63) is 42.0 Å². The minimum absolute atomic E-state index is 0.481. The number of hydrazine groups is 1. The molecular weight excluding hydrogens is 268 g/mol. The lowest BCUT2D eigenvalue weighted by Crippen LogP contribution is -2.45. The maximum Gasteiger partial charge on any atom is 0.261 e. The Bertz CT molecular complexity index is 567. The first kappa shape index (κ1) is 15.1. The van der Waals surface area contributed by atoms with E-state index in [2.05, 4.69) is 0 Å². The number of nitrogens with one attached hydrogen (secondary N) is 1. The molecule has 0 fully saturated rings. The lowest BCUT2D eigenvalue weighted by molar-refractivity contribution is -0.126. The van der Waals surface area contributed by atoms with E-state index >= 15 is 0 Å². The Labute approximate surface area is 111 Å². The summed E-state index contributed by atoms with van der Waals surface area (Å²) in [4.78, 5) is 24.0. The van der Waals surface area contributed by atoms with Gasteiger partial charge in [-0.15, -0.1) is 4.83 Å². The molecule has 1 aromatic carbocycles. The van der Waals surface area contributed by atoms with Crippen molar-refractivity contribution in [2.45, 2.75) is 0 Å². The summed E-state index contributed by atoms with van der Waals surface area (Å²) in [7, 11) is -3.63. The molecule has 0 aliphatic carbocycles. The Morgan fingerprint density at radius 1 is 1.37 bits per heavy atom. The van der Waals surface area contributed by atoms with Crippen LogP contribution in [0.3, 0.4) is 0 Å². The third-order valence-corrected chi connectivity index (χ3v) is 2.53. The summed E-state index contributed by atoms with van der Waals surface area (Å²) in [6.45, 7) is -0.481. The number of carbonyl (C=O) groups excluding carboxylic acids is 2. The third kappa shape index (κ3) is 5.94. The Kier molecular flexibility index (Phi) is 5.40. The summed E-state index contributed by atoms with van der Waals surface area (Å²) in [5.41, 5.74) is 0.783. The molecule has 0 unspecified atom stereocenters. The van der Waals surface area contributed by atoms with E-state index in [0.717, 1.165) is 11.8 Å². The van der Waals surface area contributed by atoms with Gasteiger partial charge in [0, 0.05) is 6.08 Å². The molecule has 0 saturated carbocycles. The average molecular weight is 281 g/mol. The highest BCUT2D eigenvalue weighted by molar-refractivity contribution is 7.88. The maximum atomic E-state index is 11.7. The second kappa shape index (κ2) is 6.81. The Hall–Kier alpha value is -1.99. The molecule has 0 aliphatic heterocycles. The second-order valence-electron chi connectivity index (χ2n) is 3.68. The van der Waals surface area contributed by atoms with Gasteiger partial charge in [0.15, 0.2) is 0 Å². The second-order valence-corrected chi connectivity index (χ2v) is 5.40. The maximum absolute atomic E-state index is 11.7. The van der Waals surface area contributed by atoms with Gasteiger partial charge in [-0.3, -0.25) is 14.6 Å². The summed E-state index contributed by atoms with van der Waals surface area (Å²) in [5, 5.41) is 0.668. The van der Waals surface area contributed by atoms with Crippen molar-refractivity contribution >= 4 is 28.3 Å². The van der Waals surface area contributed by atoms with E-state index in [0.29, 0.717) is 5.01 Å². The predicted octanol–water partition coefficient (Wildman–Crippen LogP) is 0.102. The number of carbonyl (C=O) groups is 1. The first-order valence-corrected chi connectivity index (χ1v) is 7.18. The van der Waals surface area contributed by atoms with Gasteiger partial charge >= 0.3 is 0 Å². The van der Waals surface area contributed by atoms with Crippen LogP contribution in [0.1, 0.15) is 5.56 Å². The molecule has 1 aromatic rings. The minimum atomic E-state index is -3.63. The van der Waals surface area contributed by atoms with Crippen LogP contribution in [-0.2, 0) is 19.6 Å². The molecule has 1 radical (unpaired) electrons. The number of rotatable bonds is 6. The van der Waals surface area contributed by atoms with Crippen LogP contribution < -0.4 is 4.83 Å². The van der Waals surface area contributed by atoms with E-state index in [1.807, 2.05) is 10.9 Å². The van der Waals surface area contributed by atoms with Crippen LogP contribution in [0.5, 0.6) is 0 Å². The van der Waals surface area contributed by atoms with E-state index in [-0.39, 0.29) is 0 Å². The van der Waals surface area contributed by atoms with E-state index in [1.165, 1.54) is 18.4 Å². The molecule has 19 heavy (non-hydrogen) atoms. The molecule has 6 nitrogen and oxygen atoms in total. The van der Waals surface area contributed by atoms with Crippen LogP contribution in [0, 0.1) is 0 Å². The van der Waals surface area contributed by atoms with Crippen molar-refractivity contribution in [3.8, 4) is 0 Å². The fraction of sp³-hybridized carbons (Fsp3) is 0.167. The lowest BCUT2D eigenvalue weighted by Gasteiger charge is -2.17. The van der Waals surface area contributed by atoms with Gasteiger partial charge < -0.3 is 0 Å². The molecule has 0 aromatic heterocycles. The van der Waals surface area contributed by atoms with Gasteiger partial charge in [0.25, 0.3) is 5.91 Å². The van der Waals surface area contributed by atoms with E-state index in [9.17, 15) is 18.0 Å². The molecule has 0 heterocycles. The van der Waals surface area contributed by atoms with Crippen molar-refractivity contribution in [2.75, 3.05) is 12.8 Å². The molecular formula is C12H13N2O4S. The molecule has 0 atom stereocenters. The van der Waals surface area contributed by atoms with Crippen LogP contribution >= 0.6 is 0 Å². The number of sulfonamides is 1. The standard InChI is InChI=1S/C12H13N2O4S/c1-19(17,18)13-14(9-10-15)12(16)8-7-11-5-3-2-4-6-11/h2-8,13H,9H2,1H3. The van der Waals surface area contributed by atoms with Crippen molar-refractivity contribution in [3.63, 3.8) is 0 Å². The molecule has 7 heteroatoms. The van der Waals surface area contributed by atoms with Crippen LogP contribution in [0.2, 0.25) is 0 Å². The highest BCUT2D eigenvalue weighted by Crippen LogP contribution is 2.01. The van der Waals surface area contributed by atoms with Crippen molar-refractivity contribution < 1.29 is 18.0 Å². The van der Waals surface area contributed by atoms with Crippen molar-refractivity contribution in [1.29, 1.82) is 0 Å². The molecule has 1 N–H and O–H groups in total. The summed E-state index contributed by atoms with van der Waals surface area (Å²) < 4.78 is 22.1. The van der Waals surface area contributed by atoms with E-state index in [1.54, 1.807) is 24.3 Å².